The van der Waals surface area contributed by atoms with Crippen molar-refractivity contribution in [3.05, 3.63) is 17.5 Å². The number of piperidine rings is 3. The molecule has 1 aromatic heterocycles. The number of nitrogens with one attached hydrogen (secondary N) is 1. The fourth-order valence-corrected chi connectivity index (χ4v) is 3.72. The summed E-state index contributed by atoms with van der Waals surface area (Å²) >= 11 is 0. The molecule has 1 aromatic rings. The zero-order valence-corrected chi connectivity index (χ0v) is 13.5. The van der Waals surface area contributed by atoms with Crippen molar-refractivity contribution in [2.45, 2.75) is 38.2 Å². The summed E-state index contributed by atoms with van der Waals surface area (Å²) in [5, 5.41) is 17.9. The van der Waals surface area contributed by atoms with E-state index in [2.05, 4.69) is 15.3 Å². The minimum absolute atomic E-state index is 0.00752. The third-order valence-corrected chi connectivity index (χ3v) is 5.39. The van der Waals surface area contributed by atoms with Gasteiger partial charge in [0.15, 0.2) is 0 Å². The van der Waals surface area contributed by atoms with Gasteiger partial charge in [0, 0.05) is 32.3 Å². The van der Waals surface area contributed by atoms with E-state index >= 15 is 0 Å². The average Bonchev–Trinajstić information content (AvgIpc) is 2.84. The smallest absolute Gasteiger partial charge is 0.220 e. The Balaban J connectivity index is 1.47. The Morgan fingerprint density at radius 2 is 2.23 bits per heavy atom. The zero-order valence-electron chi connectivity index (χ0n) is 13.5. The highest BCUT2D eigenvalue weighted by molar-refractivity contribution is 5.76. The summed E-state index contributed by atoms with van der Waals surface area (Å²) in [6.45, 7) is 5.25. The van der Waals surface area contributed by atoms with E-state index < -0.39 is 5.60 Å². The van der Waals surface area contributed by atoms with E-state index in [1.54, 1.807) is 0 Å². The number of rotatable bonds is 5. The summed E-state index contributed by atoms with van der Waals surface area (Å²) in [5.74, 6) is 0.339. The molecule has 4 rings (SSSR count). The van der Waals surface area contributed by atoms with Crippen LogP contribution in [0.25, 0.3) is 0 Å². The van der Waals surface area contributed by atoms with Crippen LogP contribution >= 0.6 is 0 Å². The molecule has 6 heteroatoms. The second kappa shape index (κ2) is 6.01. The fourth-order valence-electron chi connectivity index (χ4n) is 3.72. The number of aromatic nitrogens is 2. The molecular formula is C16H26N4O2. The maximum absolute atomic E-state index is 12.1. The normalized spacial score (nSPS) is 30.5. The Labute approximate surface area is 131 Å². The molecule has 1 atom stereocenters. The number of carbonyl (C=O) groups is 1. The van der Waals surface area contributed by atoms with Gasteiger partial charge in [-0.25, -0.2) is 0 Å². The Morgan fingerprint density at radius 3 is 2.77 bits per heavy atom. The first kappa shape index (κ1) is 15.5. The maximum atomic E-state index is 12.1. The molecule has 0 aliphatic carbocycles. The predicted octanol–water partition coefficient (Wildman–Crippen LogP) is 0.234. The third kappa shape index (κ3) is 3.03. The molecule has 2 bridgehead atoms. The molecule has 0 aromatic carbocycles. The summed E-state index contributed by atoms with van der Waals surface area (Å²) in [4.78, 5) is 14.4. The monoisotopic (exact) mass is 306 g/mol. The Morgan fingerprint density at radius 1 is 1.50 bits per heavy atom. The van der Waals surface area contributed by atoms with Gasteiger partial charge in [0.2, 0.25) is 5.91 Å². The van der Waals surface area contributed by atoms with Crippen LogP contribution in [0.15, 0.2) is 6.20 Å². The Hall–Kier alpha value is -1.40. The number of amides is 1. The number of hydrogen-bond acceptors (Lipinski definition) is 4. The first-order valence-electron chi connectivity index (χ1n) is 8.17. The van der Waals surface area contributed by atoms with Crippen LogP contribution in [0.3, 0.4) is 0 Å². The van der Waals surface area contributed by atoms with E-state index in [-0.39, 0.29) is 5.91 Å². The van der Waals surface area contributed by atoms with Crippen molar-refractivity contribution in [1.82, 2.24) is 20.0 Å². The van der Waals surface area contributed by atoms with Crippen molar-refractivity contribution in [1.29, 1.82) is 0 Å². The molecule has 3 fully saturated rings. The van der Waals surface area contributed by atoms with Gasteiger partial charge in [0.05, 0.1) is 11.8 Å². The quantitative estimate of drug-likeness (QED) is 0.817. The topological polar surface area (TPSA) is 70.4 Å². The average molecular weight is 306 g/mol. The van der Waals surface area contributed by atoms with Crippen LogP contribution in [0.2, 0.25) is 0 Å². The number of hydrogen-bond donors (Lipinski definition) is 2. The molecule has 1 unspecified atom stereocenters. The standard InChI is InChI=1S/C16H26N4O2/c1-12-13(9-18-19(12)2)3-4-15(21)17-10-16(22)11-20-7-5-14(16)6-8-20/h9,14,22H,3-8,10-11H2,1-2H3,(H,17,21). The number of aliphatic hydroxyl groups is 1. The van der Waals surface area contributed by atoms with Gasteiger partial charge in [0.25, 0.3) is 0 Å². The number of aryl methyl sites for hydroxylation is 2. The number of carbonyl (C=O) groups excluding carboxylic acids is 1. The molecule has 4 heterocycles. The first-order valence-corrected chi connectivity index (χ1v) is 8.17. The molecule has 3 aliphatic rings. The van der Waals surface area contributed by atoms with E-state index in [0.717, 1.165) is 37.2 Å². The van der Waals surface area contributed by atoms with E-state index in [1.165, 1.54) is 0 Å². The van der Waals surface area contributed by atoms with Crippen molar-refractivity contribution < 1.29 is 9.90 Å². The lowest BCUT2D eigenvalue weighted by Crippen LogP contribution is -2.63. The lowest BCUT2D eigenvalue weighted by atomic mass is 9.75. The molecule has 22 heavy (non-hydrogen) atoms. The van der Waals surface area contributed by atoms with Gasteiger partial charge in [-0.15, -0.1) is 0 Å². The fraction of sp³-hybridized carbons (Fsp3) is 0.750. The molecule has 1 amide bonds. The molecule has 3 aliphatic heterocycles. The molecule has 6 nitrogen and oxygen atoms in total. The van der Waals surface area contributed by atoms with Crippen LogP contribution in [0, 0.1) is 12.8 Å². The summed E-state index contributed by atoms with van der Waals surface area (Å²) in [5.41, 5.74) is 1.47. The van der Waals surface area contributed by atoms with Gasteiger partial charge >= 0.3 is 0 Å². The van der Waals surface area contributed by atoms with Gasteiger partial charge in [-0.3, -0.25) is 9.48 Å². The van der Waals surface area contributed by atoms with E-state index in [0.29, 0.717) is 31.8 Å². The highest BCUT2D eigenvalue weighted by atomic mass is 16.3. The van der Waals surface area contributed by atoms with Crippen molar-refractivity contribution in [3.8, 4) is 0 Å². The summed E-state index contributed by atoms with van der Waals surface area (Å²) in [6, 6.07) is 0. The van der Waals surface area contributed by atoms with Crippen molar-refractivity contribution >= 4 is 5.91 Å². The van der Waals surface area contributed by atoms with Crippen molar-refractivity contribution in [3.63, 3.8) is 0 Å². The molecule has 0 spiro atoms. The van der Waals surface area contributed by atoms with E-state index in [4.69, 9.17) is 0 Å². The number of nitrogens with zero attached hydrogens (tertiary/aromatic N) is 3. The molecule has 0 radical (unpaired) electrons. The zero-order chi connectivity index (χ0) is 15.7. The van der Waals surface area contributed by atoms with Crippen LogP contribution in [-0.4, -0.2) is 57.5 Å². The van der Waals surface area contributed by atoms with Crippen molar-refractivity contribution in [2.24, 2.45) is 13.0 Å². The van der Waals surface area contributed by atoms with Crippen LogP contribution in [0.4, 0.5) is 0 Å². The third-order valence-electron chi connectivity index (χ3n) is 5.39. The number of fused-ring (bicyclic) bond motifs is 3. The van der Waals surface area contributed by atoms with Gasteiger partial charge in [0.1, 0.15) is 0 Å². The molecular weight excluding hydrogens is 280 g/mol. The van der Waals surface area contributed by atoms with E-state index in [1.807, 2.05) is 24.9 Å². The van der Waals surface area contributed by atoms with Gasteiger partial charge < -0.3 is 15.3 Å². The lowest BCUT2D eigenvalue weighted by molar-refractivity contribution is -0.129. The van der Waals surface area contributed by atoms with Crippen LogP contribution in [0.5, 0.6) is 0 Å². The highest BCUT2D eigenvalue weighted by Gasteiger charge is 2.45. The Bertz CT molecular complexity index is 548. The van der Waals surface area contributed by atoms with Gasteiger partial charge in [-0.2, -0.15) is 5.10 Å². The second-order valence-electron chi connectivity index (χ2n) is 6.81. The molecule has 122 valence electrons. The largest absolute Gasteiger partial charge is 0.386 e. The van der Waals surface area contributed by atoms with Gasteiger partial charge in [-0.05, 0) is 50.8 Å². The van der Waals surface area contributed by atoms with Crippen LogP contribution in [-0.2, 0) is 18.3 Å². The SMILES string of the molecule is Cc1c(CCC(=O)NCC2(O)CN3CCC2CC3)cnn1C. The van der Waals surface area contributed by atoms with Crippen molar-refractivity contribution in [2.75, 3.05) is 26.2 Å². The van der Waals surface area contributed by atoms with Crippen LogP contribution in [0.1, 0.15) is 30.5 Å². The molecule has 2 N–H and O–H groups in total. The first-order chi connectivity index (χ1) is 10.5. The summed E-state index contributed by atoms with van der Waals surface area (Å²) < 4.78 is 1.82. The second-order valence-corrected chi connectivity index (χ2v) is 6.81. The summed E-state index contributed by atoms with van der Waals surface area (Å²) in [7, 11) is 1.90. The van der Waals surface area contributed by atoms with Crippen LogP contribution < -0.4 is 5.32 Å². The molecule has 3 saturated heterocycles. The van der Waals surface area contributed by atoms with E-state index in [9.17, 15) is 9.90 Å². The highest BCUT2D eigenvalue weighted by Crippen LogP contribution is 2.35. The lowest BCUT2D eigenvalue weighted by Gasteiger charge is -2.50. The minimum atomic E-state index is -0.740. The van der Waals surface area contributed by atoms with Gasteiger partial charge in [-0.1, -0.05) is 0 Å². The predicted molar refractivity (Wildman–Crippen MR) is 83.4 cm³/mol. The molecule has 0 saturated carbocycles. The minimum Gasteiger partial charge on any atom is -0.386 e. The Kier molecular flexibility index (Phi) is 4.23. The summed E-state index contributed by atoms with van der Waals surface area (Å²) in [6.07, 6.45) is 5.04. The maximum Gasteiger partial charge on any atom is 0.220 e.